The number of carboxylic acid groups (broad SMARTS) is 1. The lowest BCUT2D eigenvalue weighted by atomic mass is 10.0. The maximum atomic E-state index is 10.6. The number of hydrogen-bond donors (Lipinski definition) is 2. The van der Waals surface area contributed by atoms with Gasteiger partial charge in [-0.25, -0.2) is 14.3 Å². The number of amides is 1. The van der Waals surface area contributed by atoms with Crippen molar-refractivity contribution in [1.82, 2.24) is 19.9 Å². The monoisotopic (exact) mass is 282 g/mol. The molecule has 2 aromatic heterocycles. The van der Waals surface area contributed by atoms with Crippen molar-refractivity contribution in [3.63, 3.8) is 0 Å². The molecular formula is C15H14N4O2. The molecule has 2 heterocycles. The molecule has 0 atom stereocenters. The second-order valence-electron chi connectivity index (χ2n) is 4.74. The molecule has 3 aromatic rings. The summed E-state index contributed by atoms with van der Waals surface area (Å²) in [7, 11) is 0. The zero-order valence-electron chi connectivity index (χ0n) is 11.4. The van der Waals surface area contributed by atoms with E-state index in [4.69, 9.17) is 5.11 Å². The van der Waals surface area contributed by atoms with Crippen molar-refractivity contribution >= 4 is 11.7 Å². The van der Waals surface area contributed by atoms with E-state index in [2.05, 4.69) is 15.4 Å². The summed E-state index contributed by atoms with van der Waals surface area (Å²) in [6, 6.07) is 7.85. The van der Waals surface area contributed by atoms with Crippen LogP contribution in [-0.4, -0.2) is 25.8 Å². The van der Waals surface area contributed by atoms with Crippen molar-refractivity contribution in [1.29, 1.82) is 0 Å². The van der Waals surface area contributed by atoms with E-state index in [0.29, 0.717) is 6.54 Å². The van der Waals surface area contributed by atoms with Gasteiger partial charge in [0.15, 0.2) is 5.65 Å². The highest BCUT2D eigenvalue weighted by atomic mass is 16.4. The Morgan fingerprint density at radius 1 is 1.33 bits per heavy atom. The Kier molecular flexibility index (Phi) is 3.27. The number of benzene rings is 1. The summed E-state index contributed by atoms with van der Waals surface area (Å²) < 4.78 is 1.73. The number of fused-ring (bicyclic) bond motifs is 1. The number of aromatic nitrogens is 3. The summed E-state index contributed by atoms with van der Waals surface area (Å²) in [4.78, 5) is 14.9. The van der Waals surface area contributed by atoms with Gasteiger partial charge in [0, 0.05) is 30.7 Å². The molecule has 0 bridgehead atoms. The number of imidazole rings is 1. The van der Waals surface area contributed by atoms with E-state index in [9.17, 15) is 4.79 Å². The van der Waals surface area contributed by atoms with E-state index >= 15 is 0 Å². The minimum atomic E-state index is -1.02. The molecule has 6 nitrogen and oxygen atoms in total. The number of hydrogen-bond acceptors (Lipinski definition) is 3. The predicted octanol–water partition coefficient (Wildman–Crippen LogP) is 2.47. The first-order chi connectivity index (χ1) is 10.1. The van der Waals surface area contributed by atoms with Gasteiger partial charge in [-0.2, -0.15) is 5.10 Å². The van der Waals surface area contributed by atoms with Crippen LogP contribution in [0.2, 0.25) is 0 Å². The summed E-state index contributed by atoms with van der Waals surface area (Å²) >= 11 is 0. The molecule has 0 aliphatic carbocycles. The molecule has 0 radical (unpaired) electrons. The van der Waals surface area contributed by atoms with Crippen LogP contribution in [0.15, 0.2) is 42.9 Å². The van der Waals surface area contributed by atoms with Gasteiger partial charge in [-0.15, -0.1) is 0 Å². The fourth-order valence-electron chi connectivity index (χ4n) is 2.30. The van der Waals surface area contributed by atoms with E-state index < -0.39 is 6.09 Å². The minimum Gasteiger partial charge on any atom is -0.465 e. The second kappa shape index (κ2) is 5.24. The molecule has 2 N–H and O–H groups in total. The van der Waals surface area contributed by atoms with Gasteiger partial charge in [-0.05, 0) is 29.7 Å². The molecule has 3 rings (SSSR count). The van der Waals surface area contributed by atoms with Crippen LogP contribution < -0.4 is 5.32 Å². The third-order valence-electron chi connectivity index (χ3n) is 3.38. The summed E-state index contributed by atoms with van der Waals surface area (Å²) in [5.41, 5.74) is 4.81. The van der Waals surface area contributed by atoms with Crippen LogP contribution in [0.3, 0.4) is 0 Å². The van der Waals surface area contributed by atoms with Crippen molar-refractivity contribution < 1.29 is 9.90 Å². The number of nitrogens with one attached hydrogen (secondary N) is 1. The summed E-state index contributed by atoms with van der Waals surface area (Å²) in [6.45, 7) is 2.27. The third kappa shape index (κ3) is 2.55. The lowest BCUT2D eigenvalue weighted by molar-refractivity contribution is 0.194. The Morgan fingerprint density at radius 2 is 2.19 bits per heavy atom. The maximum absolute atomic E-state index is 10.6. The maximum Gasteiger partial charge on any atom is 0.404 e. The zero-order valence-corrected chi connectivity index (χ0v) is 11.4. The number of nitrogens with zero attached hydrogens (tertiary/aromatic N) is 3. The Bertz CT molecular complexity index is 810. The van der Waals surface area contributed by atoms with Crippen molar-refractivity contribution in [3.8, 4) is 11.1 Å². The first kappa shape index (κ1) is 13.1. The van der Waals surface area contributed by atoms with Crippen LogP contribution in [0.5, 0.6) is 0 Å². The van der Waals surface area contributed by atoms with Gasteiger partial charge >= 0.3 is 6.09 Å². The Hall–Kier alpha value is -2.89. The lowest BCUT2D eigenvalue weighted by Gasteiger charge is -2.09. The fourth-order valence-corrected chi connectivity index (χ4v) is 2.30. The van der Waals surface area contributed by atoms with Gasteiger partial charge in [0.25, 0.3) is 0 Å². The molecule has 1 aromatic carbocycles. The summed E-state index contributed by atoms with van der Waals surface area (Å²) in [5.74, 6) is 0. The molecule has 0 saturated heterocycles. The normalized spacial score (nSPS) is 10.7. The van der Waals surface area contributed by atoms with E-state index in [-0.39, 0.29) is 0 Å². The average Bonchev–Trinajstić information content (AvgIpc) is 2.94. The largest absolute Gasteiger partial charge is 0.465 e. The first-order valence-electron chi connectivity index (χ1n) is 6.50. The highest BCUT2D eigenvalue weighted by Gasteiger charge is 2.08. The van der Waals surface area contributed by atoms with Crippen molar-refractivity contribution in [2.75, 3.05) is 0 Å². The van der Waals surface area contributed by atoms with Crippen molar-refractivity contribution in [3.05, 3.63) is 54.0 Å². The van der Waals surface area contributed by atoms with Gasteiger partial charge in [0.05, 0.1) is 0 Å². The topological polar surface area (TPSA) is 79.5 Å². The van der Waals surface area contributed by atoms with Crippen LogP contribution in [0, 0.1) is 6.92 Å². The van der Waals surface area contributed by atoms with Crippen molar-refractivity contribution in [2.24, 2.45) is 0 Å². The lowest BCUT2D eigenvalue weighted by Crippen LogP contribution is -2.20. The average molecular weight is 282 g/mol. The van der Waals surface area contributed by atoms with Gasteiger partial charge in [-0.1, -0.05) is 18.2 Å². The number of aryl methyl sites for hydroxylation is 1. The van der Waals surface area contributed by atoms with E-state index in [1.807, 2.05) is 31.2 Å². The Labute approximate surface area is 121 Å². The summed E-state index contributed by atoms with van der Waals surface area (Å²) in [6.07, 6.45) is 4.23. The van der Waals surface area contributed by atoms with Gasteiger partial charge in [-0.3, -0.25) is 0 Å². The van der Waals surface area contributed by atoms with Crippen LogP contribution in [0.25, 0.3) is 16.8 Å². The molecule has 106 valence electrons. The first-order valence-corrected chi connectivity index (χ1v) is 6.50. The molecule has 0 spiro atoms. The fraction of sp³-hybridized carbons (Fsp3) is 0.133. The summed E-state index contributed by atoms with van der Waals surface area (Å²) in [5, 5.41) is 15.2. The Morgan fingerprint density at radius 3 is 2.95 bits per heavy atom. The molecule has 1 amide bonds. The third-order valence-corrected chi connectivity index (χ3v) is 3.38. The molecule has 21 heavy (non-hydrogen) atoms. The SMILES string of the molecule is Cc1cc(-c2ccnn3ccnc23)ccc1CNC(=O)O. The van der Waals surface area contributed by atoms with E-state index in [1.165, 1.54) is 0 Å². The Balaban J connectivity index is 1.98. The van der Waals surface area contributed by atoms with Gasteiger partial charge < -0.3 is 10.4 Å². The molecule has 0 unspecified atom stereocenters. The van der Waals surface area contributed by atoms with E-state index in [0.717, 1.165) is 27.9 Å². The zero-order chi connectivity index (χ0) is 14.8. The molecule has 0 aliphatic rings. The molecule has 0 fully saturated rings. The van der Waals surface area contributed by atoms with Gasteiger partial charge in [0.2, 0.25) is 0 Å². The van der Waals surface area contributed by atoms with Crippen LogP contribution in [0.4, 0.5) is 4.79 Å². The quantitative estimate of drug-likeness (QED) is 0.773. The smallest absolute Gasteiger partial charge is 0.404 e. The molecule has 0 aliphatic heterocycles. The highest BCUT2D eigenvalue weighted by molar-refractivity contribution is 5.77. The van der Waals surface area contributed by atoms with Crippen LogP contribution in [-0.2, 0) is 6.54 Å². The van der Waals surface area contributed by atoms with Crippen LogP contribution in [0.1, 0.15) is 11.1 Å². The molecular weight excluding hydrogens is 268 g/mol. The van der Waals surface area contributed by atoms with E-state index in [1.54, 1.807) is 23.1 Å². The van der Waals surface area contributed by atoms with Crippen LogP contribution >= 0.6 is 0 Å². The second-order valence-corrected chi connectivity index (χ2v) is 4.74. The minimum absolute atomic E-state index is 0.302. The molecule has 0 saturated carbocycles. The molecule has 6 heteroatoms. The highest BCUT2D eigenvalue weighted by Crippen LogP contribution is 2.25. The standard InChI is InChI=1S/C15H14N4O2/c1-10-8-11(2-3-12(10)9-17-15(20)21)13-4-5-18-19-7-6-16-14(13)19/h2-8,17H,9H2,1H3,(H,20,21). The van der Waals surface area contributed by atoms with Gasteiger partial charge in [0.1, 0.15) is 0 Å². The van der Waals surface area contributed by atoms with Crippen molar-refractivity contribution in [2.45, 2.75) is 13.5 Å². The predicted molar refractivity (Wildman–Crippen MR) is 78.0 cm³/mol. The number of rotatable bonds is 3. The number of carbonyl (C=O) groups is 1.